The molecule has 1 fully saturated rings. The number of aromatic carboxylic acids is 1. The molecule has 1 aromatic heterocycles. The quantitative estimate of drug-likeness (QED) is 0.732. The zero-order chi connectivity index (χ0) is 16.7. The van der Waals surface area contributed by atoms with Gasteiger partial charge in [-0.2, -0.15) is 0 Å². The number of pyridine rings is 1. The lowest BCUT2D eigenvalue weighted by molar-refractivity contribution is 0.0695. The van der Waals surface area contributed by atoms with Crippen molar-refractivity contribution in [3.63, 3.8) is 0 Å². The van der Waals surface area contributed by atoms with Crippen LogP contribution in [-0.4, -0.2) is 42.2 Å². The van der Waals surface area contributed by atoms with Crippen molar-refractivity contribution in [2.45, 2.75) is 12.5 Å². The summed E-state index contributed by atoms with van der Waals surface area (Å²) in [7, 11) is 1.23. The molecule has 23 heavy (non-hydrogen) atoms. The number of nitrogens with zero attached hydrogens (tertiary/aromatic N) is 2. The van der Waals surface area contributed by atoms with Crippen LogP contribution in [0.25, 0.3) is 10.9 Å². The van der Waals surface area contributed by atoms with Gasteiger partial charge in [0.25, 0.3) is 0 Å². The number of H-pyrrole nitrogens is 1. The minimum Gasteiger partial charge on any atom is -0.477 e. The van der Waals surface area contributed by atoms with Crippen LogP contribution in [0.15, 0.2) is 23.1 Å². The van der Waals surface area contributed by atoms with Crippen LogP contribution in [0.5, 0.6) is 0 Å². The van der Waals surface area contributed by atoms with Gasteiger partial charge in [0.1, 0.15) is 5.56 Å². The highest BCUT2D eigenvalue weighted by Gasteiger charge is 2.24. The first kappa shape index (κ1) is 15.3. The molecule has 2 aromatic rings. The van der Waals surface area contributed by atoms with E-state index in [9.17, 15) is 14.1 Å². The van der Waals surface area contributed by atoms with Crippen molar-refractivity contribution in [3.8, 4) is 0 Å². The molecule has 0 aliphatic carbocycles. The average Bonchev–Trinajstić information content (AvgIpc) is 2.92. The fourth-order valence-electron chi connectivity index (χ4n) is 2.91. The van der Waals surface area contributed by atoms with Gasteiger partial charge in [-0.25, -0.2) is 9.92 Å². The van der Waals surface area contributed by atoms with E-state index in [1.54, 1.807) is 6.07 Å². The van der Waals surface area contributed by atoms with Crippen LogP contribution in [0.4, 0.5) is 15.9 Å². The first-order chi connectivity index (χ1) is 10.9. The van der Waals surface area contributed by atoms with E-state index >= 15 is 0 Å². The molecular formula is C15H17FN4O3. The summed E-state index contributed by atoms with van der Waals surface area (Å²) in [5.41, 5.74) is 6.18. The van der Waals surface area contributed by atoms with Crippen molar-refractivity contribution in [3.05, 3.63) is 34.1 Å². The van der Waals surface area contributed by atoms with Crippen molar-refractivity contribution in [2.75, 3.05) is 30.2 Å². The normalized spacial score (nSPS) is 17.7. The number of fused-ring (bicyclic) bond motifs is 1. The monoisotopic (exact) mass is 320 g/mol. The Morgan fingerprint density at radius 1 is 1.52 bits per heavy atom. The third-order valence-corrected chi connectivity index (χ3v) is 4.10. The molecular weight excluding hydrogens is 303 g/mol. The van der Waals surface area contributed by atoms with Gasteiger partial charge in [0.05, 0.1) is 16.9 Å². The minimum atomic E-state index is -1.32. The lowest BCUT2D eigenvalue weighted by Crippen LogP contribution is -2.27. The number of carboxylic acid groups (broad SMARTS) is 1. The number of hydrogen-bond acceptors (Lipinski definition) is 5. The van der Waals surface area contributed by atoms with Gasteiger partial charge < -0.3 is 20.7 Å². The smallest absolute Gasteiger partial charge is 0.341 e. The number of benzene rings is 1. The molecule has 1 aromatic carbocycles. The Morgan fingerprint density at radius 3 is 2.83 bits per heavy atom. The summed E-state index contributed by atoms with van der Waals surface area (Å²) >= 11 is 0. The third kappa shape index (κ3) is 2.61. The SMILES string of the molecule is CN(F)c1cc2c(=O)c(C(=O)O)c[nH]c2cc1N1CCC(N)C1. The number of aromatic amines is 1. The van der Waals surface area contributed by atoms with E-state index in [2.05, 4.69) is 4.98 Å². The zero-order valence-corrected chi connectivity index (χ0v) is 12.5. The van der Waals surface area contributed by atoms with Gasteiger partial charge in [-0.05, 0) is 18.6 Å². The van der Waals surface area contributed by atoms with Crippen LogP contribution >= 0.6 is 0 Å². The van der Waals surface area contributed by atoms with E-state index in [0.29, 0.717) is 29.4 Å². The van der Waals surface area contributed by atoms with Crippen LogP contribution in [0.2, 0.25) is 0 Å². The molecule has 4 N–H and O–H groups in total. The number of carboxylic acids is 1. The highest BCUT2D eigenvalue weighted by Crippen LogP contribution is 2.34. The number of hydrogen-bond donors (Lipinski definition) is 3. The van der Waals surface area contributed by atoms with Crippen LogP contribution < -0.4 is 21.2 Å². The first-order valence-electron chi connectivity index (χ1n) is 7.21. The van der Waals surface area contributed by atoms with Gasteiger partial charge in [-0.3, -0.25) is 4.79 Å². The molecule has 8 heteroatoms. The van der Waals surface area contributed by atoms with Crippen LogP contribution in [0, 0.1) is 0 Å². The van der Waals surface area contributed by atoms with E-state index < -0.39 is 11.4 Å². The molecule has 1 aliphatic heterocycles. The zero-order valence-electron chi connectivity index (χ0n) is 12.5. The standard InChI is InChI=1S/C15H17FN4O3/c1-19(16)12-4-9-11(18-6-10(14(9)21)15(22)23)5-13(12)20-3-2-8(17)7-20/h4-6,8H,2-3,7,17H2,1H3,(H,18,21)(H,22,23). The third-order valence-electron chi connectivity index (χ3n) is 4.10. The topological polar surface area (TPSA) is 103 Å². The predicted octanol–water partition coefficient (Wildman–Crippen LogP) is 1.08. The highest BCUT2D eigenvalue weighted by atomic mass is 19.2. The maximum atomic E-state index is 13.9. The lowest BCUT2D eigenvalue weighted by Gasteiger charge is -2.24. The number of aromatic nitrogens is 1. The second kappa shape index (κ2) is 5.54. The Morgan fingerprint density at radius 2 is 2.26 bits per heavy atom. The van der Waals surface area contributed by atoms with Gasteiger partial charge in [0, 0.05) is 37.8 Å². The van der Waals surface area contributed by atoms with E-state index in [-0.39, 0.29) is 22.7 Å². The number of carbonyl (C=O) groups is 1. The molecule has 2 heterocycles. The summed E-state index contributed by atoms with van der Waals surface area (Å²) in [4.78, 5) is 28.1. The number of nitrogens with one attached hydrogen (secondary N) is 1. The van der Waals surface area contributed by atoms with Crippen molar-refractivity contribution < 1.29 is 14.4 Å². The van der Waals surface area contributed by atoms with E-state index in [1.807, 2.05) is 4.90 Å². The van der Waals surface area contributed by atoms with Crippen LogP contribution in [0.1, 0.15) is 16.8 Å². The Labute approximate surface area is 131 Å². The minimum absolute atomic E-state index is 0.0249. The van der Waals surface area contributed by atoms with E-state index in [0.717, 1.165) is 12.6 Å². The Kier molecular flexibility index (Phi) is 3.69. The lowest BCUT2D eigenvalue weighted by atomic mass is 10.1. The molecule has 0 bridgehead atoms. The van der Waals surface area contributed by atoms with Gasteiger partial charge in [0.2, 0.25) is 5.43 Å². The van der Waals surface area contributed by atoms with Crippen molar-refractivity contribution in [1.29, 1.82) is 0 Å². The summed E-state index contributed by atoms with van der Waals surface area (Å²) in [6.07, 6.45) is 1.97. The molecule has 122 valence electrons. The second-order valence-electron chi connectivity index (χ2n) is 5.70. The Balaban J connectivity index is 2.22. The summed E-state index contributed by atoms with van der Waals surface area (Å²) in [5, 5.41) is 9.59. The van der Waals surface area contributed by atoms with Crippen LogP contribution in [-0.2, 0) is 0 Å². The Bertz CT molecular complexity index is 833. The van der Waals surface area contributed by atoms with E-state index in [1.165, 1.54) is 13.1 Å². The van der Waals surface area contributed by atoms with Gasteiger partial charge in [-0.15, -0.1) is 4.48 Å². The van der Waals surface area contributed by atoms with Gasteiger partial charge >= 0.3 is 5.97 Å². The second-order valence-corrected chi connectivity index (χ2v) is 5.70. The number of nitrogens with two attached hydrogens (primary N) is 1. The fraction of sp³-hybridized carbons (Fsp3) is 0.333. The van der Waals surface area contributed by atoms with Gasteiger partial charge in [0.15, 0.2) is 0 Å². The molecule has 1 aliphatic rings. The molecule has 7 nitrogen and oxygen atoms in total. The fourth-order valence-corrected chi connectivity index (χ4v) is 2.91. The summed E-state index contributed by atoms with van der Waals surface area (Å²) < 4.78 is 13.9. The maximum Gasteiger partial charge on any atom is 0.341 e. The number of rotatable bonds is 3. The summed E-state index contributed by atoms with van der Waals surface area (Å²) in [5.74, 6) is -1.32. The first-order valence-corrected chi connectivity index (χ1v) is 7.21. The molecule has 0 saturated carbocycles. The largest absolute Gasteiger partial charge is 0.477 e. The molecule has 1 saturated heterocycles. The van der Waals surface area contributed by atoms with Crippen molar-refractivity contribution in [2.24, 2.45) is 5.73 Å². The molecule has 0 spiro atoms. The van der Waals surface area contributed by atoms with Crippen molar-refractivity contribution >= 4 is 28.2 Å². The molecule has 1 unspecified atom stereocenters. The Hall–Kier alpha value is -2.61. The predicted molar refractivity (Wildman–Crippen MR) is 85.8 cm³/mol. The molecule has 0 radical (unpaired) electrons. The molecule has 3 rings (SSSR count). The maximum absolute atomic E-state index is 13.9. The van der Waals surface area contributed by atoms with Gasteiger partial charge in [-0.1, -0.05) is 0 Å². The number of anilines is 2. The highest BCUT2D eigenvalue weighted by molar-refractivity contribution is 5.95. The molecule has 0 amide bonds. The average molecular weight is 320 g/mol. The van der Waals surface area contributed by atoms with E-state index in [4.69, 9.17) is 10.8 Å². The summed E-state index contributed by atoms with van der Waals surface area (Å²) in [6.45, 7) is 1.30. The van der Waals surface area contributed by atoms with Crippen molar-refractivity contribution in [1.82, 2.24) is 4.98 Å². The summed E-state index contributed by atoms with van der Waals surface area (Å²) in [6, 6.07) is 3.06. The number of halogens is 1. The van der Waals surface area contributed by atoms with Crippen LogP contribution in [0.3, 0.4) is 0 Å². The molecule has 1 atom stereocenters.